The molecule has 1 saturated carbocycles. The number of nitrogens with one attached hydrogen (secondary N) is 1. The first-order chi connectivity index (χ1) is 16.5. The van der Waals surface area contributed by atoms with Crippen LogP contribution in [-0.2, 0) is 11.1 Å². The predicted molar refractivity (Wildman–Crippen MR) is 128 cm³/mol. The molecule has 10 heteroatoms. The van der Waals surface area contributed by atoms with Crippen molar-refractivity contribution in [2.24, 2.45) is 5.73 Å². The van der Waals surface area contributed by atoms with Crippen molar-refractivity contribution >= 4 is 22.5 Å². The molecule has 1 aliphatic rings. The van der Waals surface area contributed by atoms with Crippen molar-refractivity contribution in [3.05, 3.63) is 72.5 Å². The van der Waals surface area contributed by atoms with Gasteiger partial charge in [-0.3, -0.25) is 4.21 Å². The van der Waals surface area contributed by atoms with E-state index in [9.17, 15) is 8.76 Å². The molecule has 1 unspecified atom stereocenters. The van der Waals surface area contributed by atoms with Crippen molar-refractivity contribution in [2.45, 2.75) is 30.6 Å². The molecule has 1 fully saturated rings. The van der Waals surface area contributed by atoms with Crippen LogP contribution in [0, 0.1) is 6.92 Å². The van der Waals surface area contributed by atoms with E-state index in [1.165, 1.54) is 19.2 Å². The highest BCUT2D eigenvalue weighted by Gasteiger charge is 2.29. The zero-order chi connectivity index (χ0) is 24.2. The molecule has 2 aromatic carbocycles. The molecule has 176 valence electrons. The van der Waals surface area contributed by atoms with Crippen LogP contribution in [-0.4, -0.2) is 30.9 Å². The summed E-state index contributed by atoms with van der Waals surface area (Å²) in [5, 5.41) is 7.36. The first kappa shape index (κ1) is 23.6. The average molecular weight is 479 g/mol. The van der Waals surface area contributed by atoms with Crippen molar-refractivity contribution in [3.8, 4) is 22.8 Å². The number of benzene rings is 2. The first-order valence-corrected chi connectivity index (χ1v) is 11.7. The standard InChI is InChI=1S/C23H20N4O4S.CH5N/c1-13-6-7-16(21-26-23(31-27-21)15-8-9-15)11-19(13)25-14(2)20-12-24-22(30-20)17-4-3-5-18(10-17)32(28)29;1-2/h3-7,10-12,15,25H,2,8-9H2,1H3,(H,28,29);2H2,1H3/p-1. The third kappa shape index (κ3) is 5.14. The summed E-state index contributed by atoms with van der Waals surface area (Å²) in [6.07, 6.45) is 3.74. The summed E-state index contributed by atoms with van der Waals surface area (Å²) < 4.78 is 33.6. The molecule has 34 heavy (non-hydrogen) atoms. The quantitative estimate of drug-likeness (QED) is 0.368. The number of nitrogens with zero attached hydrogens (tertiary/aromatic N) is 3. The minimum Gasteiger partial charge on any atom is -0.768 e. The van der Waals surface area contributed by atoms with Gasteiger partial charge >= 0.3 is 0 Å². The molecule has 0 amide bonds. The molecular formula is C24H24N5O4S-. The lowest BCUT2D eigenvalue weighted by atomic mass is 10.1. The van der Waals surface area contributed by atoms with Crippen molar-refractivity contribution in [2.75, 3.05) is 12.4 Å². The van der Waals surface area contributed by atoms with Gasteiger partial charge in [0.05, 0.1) is 11.9 Å². The van der Waals surface area contributed by atoms with E-state index >= 15 is 0 Å². The lowest BCUT2D eigenvalue weighted by molar-refractivity contribution is 0.380. The fraction of sp³-hybridized carbons (Fsp3) is 0.208. The van der Waals surface area contributed by atoms with Crippen LogP contribution >= 0.6 is 0 Å². The van der Waals surface area contributed by atoms with Gasteiger partial charge in [-0.2, -0.15) is 4.98 Å². The van der Waals surface area contributed by atoms with Gasteiger partial charge in [0.2, 0.25) is 17.6 Å². The van der Waals surface area contributed by atoms with Crippen molar-refractivity contribution < 1.29 is 17.7 Å². The molecule has 4 aromatic rings. The first-order valence-electron chi connectivity index (χ1n) is 10.6. The van der Waals surface area contributed by atoms with E-state index in [1.807, 2.05) is 25.1 Å². The summed E-state index contributed by atoms with van der Waals surface area (Å²) in [6.45, 7) is 6.04. The molecule has 5 rings (SSSR count). The Morgan fingerprint density at radius 2 is 2.00 bits per heavy atom. The minimum absolute atomic E-state index is 0.165. The molecule has 0 saturated heterocycles. The summed E-state index contributed by atoms with van der Waals surface area (Å²) in [5.74, 6) is 2.39. The smallest absolute Gasteiger partial charge is 0.230 e. The molecule has 0 aliphatic heterocycles. The predicted octanol–water partition coefficient (Wildman–Crippen LogP) is 4.47. The number of aromatic nitrogens is 3. The maximum atomic E-state index is 11.2. The van der Waals surface area contributed by atoms with Gasteiger partial charge in [0.15, 0.2) is 5.76 Å². The summed E-state index contributed by atoms with van der Waals surface area (Å²) in [6, 6.07) is 12.2. The molecule has 2 aromatic heterocycles. The maximum Gasteiger partial charge on any atom is 0.230 e. The monoisotopic (exact) mass is 478 g/mol. The normalized spacial score (nSPS) is 13.6. The molecule has 0 bridgehead atoms. The third-order valence-corrected chi connectivity index (χ3v) is 5.87. The molecule has 0 spiro atoms. The maximum absolute atomic E-state index is 11.2. The molecular weight excluding hydrogens is 454 g/mol. The number of hydrogen-bond acceptors (Lipinski definition) is 9. The minimum atomic E-state index is -2.33. The van der Waals surface area contributed by atoms with E-state index in [4.69, 9.17) is 8.94 Å². The summed E-state index contributed by atoms with van der Waals surface area (Å²) in [4.78, 5) is 8.93. The fourth-order valence-corrected chi connectivity index (χ4v) is 3.66. The van der Waals surface area contributed by atoms with Crippen LogP contribution < -0.4 is 11.1 Å². The van der Waals surface area contributed by atoms with E-state index in [-0.39, 0.29) is 4.90 Å². The molecule has 0 radical (unpaired) electrons. The zero-order valence-electron chi connectivity index (χ0n) is 18.8. The highest BCUT2D eigenvalue weighted by atomic mass is 32.2. The van der Waals surface area contributed by atoms with Gasteiger partial charge in [-0.15, -0.1) is 0 Å². The fourth-order valence-electron chi connectivity index (χ4n) is 3.25. The van der Waals surface area contributed by atoms with E-state index in [2.05, 4.69) is 32.8 Å². The Bertz CT molecular complexity index is 1340. The van der Waals surface area contributed by atoms with E-state index in [0.29, 0.717) is 40.5 Å². The van der Waals surface area contributed by atoms with Gasteiger partial charge in [0.25, 0.3) is 0 Å². The van der Waals surface area contributed by atoms with Gasteiger partial charge in [-0.1, -0.05) is 29.9 Å². The lowest BCUT2D eigenvalue weighted by Gasteiger charge is -2.11. The third-order valence-electron chi connectivity index (χ3n) is 5.23. The van der Waals surface area contributed by atoms with Crippen LogP contribution in [0.3, 0.4) is 0 Å². The molecule has 1 aliphatic carbocycles. The summed E-state index contributed by atoms with van der Waals surface area (Å²) in [7, 11) is 1.50. The highest BCUT2D eigenvalue weighted by molar-refractivity contribution is 7.79. The Kier molecular flexibility index (Phi) is 7.01. The lowest BCUT2D eigenvalue weighted by Crippen LogP contribution is -1.99. The highest BCUT2D eigenvalue weighted by Crippen LogP contribution is 2.39. The van der Waals surface area contributed by atoms with Crippen molar-refractivity contribution in [3.63, 3.8) is 0 Å². The Balaban J connectivity index is 0.00000133. The Morgan fingerprint density at radius 1 is 1.21 bits per heavy atom. The molecule has 9 nitrogen and oxygen atoms in total. The SMILES string of the molecule is C=C(Nc1cc(-c2noc(C3CC3)n2)ccc1C)c1cnc(-c2cccc(S(=O)[O-])c2)o1.CN. The number of hydrogen-bond donors (Lipinski definition) is 2. The molecule has 2 heterocycles. The van der Waals surface area contributed by atoms with Gasteiger partial charge in [-0.25, -0.2) is 4.98 Å². The molecule has 3 N–H and O–H groups in total. The number of aryl methyl sites for hydroxylation is 1. The van der Waals surface area contributed by atoms with Crippen LogP contribution in [0.2, 0.25) is 0 Å². The number of nitrogens with two attached hydrogens (primary N) is 1. The second-order valence-electron chi connectivity index (χ2n) is 7.66. The Labute approximate surface area is 199 Å². The largest absolute Gasteiger partial charge is 0.768 e. The van der Waals surface area contributed by atoms with Gasteiger partial charge in [-0.05, 0) is 67.7 Å². The zero-order valence-corrected chi connectivity index (χ0v) is 19.6. The second-order valence-corrected chi connectivity index (χ2v) is 8.60. The summed E-state index contributed by atoms with van der Waals surface area (Å²) in [5.41, 5.74) is 8.24. The van der Waals surface area contributed by atoms with Gasteiger partial charge < -0.3 is 24.5 Å². The van der Waals surface area contributed by atoms with Crippen LogP contribution in [0.25, 0.3) is 28.5 Å². The average Bonchev–Trinajstić information content (AvgIpc) is 3.37. The van der Waals surface area contributed by atoms with Crippen LogP contribution in [0.15, 0.2) is 69.1 Å². The Hall–Kier alpha value is -3.60. The number of anilines is 1. The number of oxazole rings is 1. The van der Waals surface area contributed by atoms with E-state index < -0.39 is 11.1 Å². The van der Waals surface area contributed by atoms with Gasteiger partial charge in [0.1, 0.15) is 0 Å². The second kappa shape index (κ2) is 10.1. The van der Waals surface area contributed by atoms with Crippen LogP contribution in [0.5, 0.6) is 0 Å². The van der Waals surface area contributed by atoms with Gasteiger partial charge in [0, 0.05) is 27.6 Å². The van der Waals surface area contributed by atoms with Crippen molar-refractivity contribution in [1.29, 1.82) is 0 Å². The molecule has 1 atom stereocenters. The topological polar surface area (TPSA) is 143 Å². The summed E-state index contributed by atoms with van der Waals surface area (Å²) >= 11 is -2.33. The van der Waals surface area contributed by atoms with Crippen molar-refractivity contribution in [1.82, 2.24) is 15.1 Å². The van der Waals surface area contributed by atoms with E-state index in [0.717, 1.165) is 29.7 Å². The van der Waals surface area contributed by atoms with Crippen LogP contribution in [0.1, 0.15) is 36.0 Å². The Morgan fingerprint density at radius 3 is 2.74 bits per heavy atom. The van der Waals surface area contributed by atoms with E-state index in [1.54, 1.807) is 18.3 Å². The number of rotatable bonds is 7. The van der Waals surface area contributed by atoms with Crippen LogP contribution in [0.4, 0.5) is 5.69 Å².